The normalized spacial score (nSPS) is 31.2. The fourth-order valence-corrected chi connectivity index (χ4v) is 5.46. The molecule has 6 N–H and O–H groups in total. The van der Waals surface area contributed by atoms with Crippen LogP contribution in [0.4, 0.5) is 4.39 Å². The predicted octanol–water partition coefficient (Wildman–Crippen LogP) is -1.13. The van der Waals surface area contributed by atoms with Crippen LogP contribution in [-0.4, -0.2) is 58.7 Å². The van der Waals surface area contributed by atoms with Crippen LogP contribution in [0, 0.1) is 0 Å². The number of aliphatic hydroxyl groups excluding tert-OH is 1. The van der Waals surface area contributed by atoms with Crippen molar-refractivity contribution in [1.29, 1.82) is 0 Å². The molecule has 20 heteroatoms. The Morgan fingerprint density at radius 1 is 1.20 bits per heavy atom. The first-order valence-electron chi connectivity index (χ1n) is 7.56. The average molecular weight is 500 g/mol. The summed E-state index contributed by atoms with van der Waals surface area (Å²) in [6.07, 6.45) is -4.73. The number of aromatic amines is 1. The van der Waals surface area contributed by atoms with Gasteiger partial charge in [0.2, 0.25) is 0 Å². The summed E-state index contributed by atoms with van der Waals surface area (Å²) in [4.78, 5) is 60.1. The number of alkyl halides is 1. The molecule has 0 spiro atoms. The number of ether oxygens (including phenoxy) is 1. The smallest absolute Gasteiger partial charge is 0.387 e. The molecule has 3 unspecified atom stereocenters. The van der Waals surface area contributed by atoms with Gasteiger partial charge in [0, 0.05) is 12.3 Å². The molecule has 0 radical (unpaired) electrons. The third-order valence-electron chi connectivity index (χ3n) is 3.64. The van der Waals surface area contributed by atoms with E-state index in [2.05, 4.69) is 13.1 Å². The summed E-state index contributed by atoms with van der Waals surface area (Å²) in [6.45, 7) is -0.316. The average Bonchev–Trinajstić information content (AvgIpc) is 2.73. The summed E-state index contributed by atoms with van der Waals surface area (Å²) in [7, 11) is -16.9. The first-order valence-corrected chi connectivity index (χ1v) is 12.1. The Balaban J connectivity index is 2.13. The third-order valence-corrected chi connectivity index (χ3v) is 7.44. The first kappa shape index (κ1) is 25.2. The predicted molar refractivity (Wildman–Crippen MR) is 90.6 cm³/mol. The van der Waals surface area contributed by atoms with Gasteiger partial charge < -0.3 is 29.4 Å². The Labute approximate surface area is 165 Å². The van der Waals surface area contributed by atoms with Crippen molar-refractivity contribution in [3.8, 4) is 0 Å². The molecule has 1 aromatic heterocycles. The number of aliphatic hydroxyl groups is 1. The van der Waals surface area contributed by atoms with Crippen molar-refractivity contribution >= 4 is 23.5 Å². The monoisotopic (exact) mass is 500 g/mol. The molecule has 2 heterocycles. The number of nitrogens with one attached hydrogen (secondary N) is 1. The van der Waals surface area contributed by atoms with Crippen LogP contribution >= 0.6 is 23.5 Å². The zero-order valence-electron chi connectivity index (χ0n) is 14.7. The third kappa shape index (κ3) is 6.23. The lowest BCUT2D eigenvalue weighted by atomic mass is 9.98. The Hall–Kier alpha value is -1.06. The van der Waals surface area contributed by atoms with Crippen molar-refractivity contribution < 1.29 is 60.6 Å². The first-order chi connectivity index (χ1) is 13.4. The number of phosphoric ester groups is 1. The zero-order valence-corrected chi connectivity index (χ0v) is 17.4. The minimum Gasteiger partial charge on any atom is -0.387 e. The van der Waals surface area contributed by atoms with Gasteiger partial charge in [-0.15, -0.1) is 0 Å². The minimum atomic E-state index is -5.77. The molecular formula is C10H16FN2O14P3. The van der Waals surface area contributed by atoms with Gasteiger partial charge in [-0.3, -0.25) is 18.9 Å². The molecular weight excluding hydrogens is 484 g/mol. The number of H-pyrrole nitrogens is 1. The molecule has 0 bridgehead atoms. The Kier molecular flexibility index (Phi) is 7.11. The quantitative estimate of drug-likeness (QED) is 0.231. The molecule has 0 saturated carbocycles. The second-order valence-corrected chi connectivity index (χ2v) is 10.4. The number of hydrogen-bond acceptors (Lipinski definition) is 10. The van der Waals surface area contributed by atoms with Gasteiger partial charge >= 0.3 is 29.2 Å². The fourth-order valence-electron chi connectivity index (χ4n) is 2.43. The van der Waals surface area contributed by atoms with Gasteiger partial charge in [-0.1, -0.05) is 0 Å². The van der Waals surface area contributed by atoms with E-state index in [0.717, 1.165) is 19.2 Å². The van der Waals surface area contributed by atoms with E-state index in [1.54, 1.807) is 0 Å². The number of aromatic nitrogens is 2. The lowest BCUT2D eigenvalue weighted by Gasteiger charge is -2.24. The molecule has 0 aromatic carbocycles. The van der Waals surface area contributed by atoms with Crippen LogP contribution in [0.15, 0.2) is 21.9 Å². The van der Waals surface area contributed by atoms with Crippen molar-refractivity contribution in [3.63, 3.8) is 0 Å². The van der Waals surface area contributed by atoms with E-state index in [-0.39, 0.29) is 0 Å². The van der Waals surface area contributed by atoms with Crippen LogP contribution in [0.25, 0.3) is 0 Å². The second kappa shape index (κ2) is 8.47. The van der Waals surface area contributed by atoms with Gasteiger partial charge in [-0.25, -0.2) is 22.9 Å². The maximum atomic E-state index is 14.9. The molecule has 2 rings (SSSR count). The van der Waals surface area contributed by atoms with E-state index in [0.29, 0.717) is 4.57 Å². The zero-order chi connectivity index (χ0) is 23.1. The molecule has 6 atom stereocenters. The Morgan fingerprint density at radius 3 is 2.33 bits per heavy atom. The van der Waals surface area contributed by atoms with E-state index >= 15 is 0 Å². The standard InChI is InChI=1S/C10H16FN2O14P3/c1-10(11)7(15)5(25-8(10)13-3-2-6(14)12-9(13)16)4-24-29(20,21)27-30(22,23)26-28(17,18)19/h2-3,5,7-8,15H,4H2,1H3,(H,20,21)(H,22,23)(H,12,14,16)(H2,17,18,19)/t5?,7-,8-,10-/m1/s1. The van der Waals surface area contributed by atoms with Crippen LogP contribution in [0.3, 0.4) is 0 Å². The number of halogens is 1. The van der Waals surface area contributed by atoms with Crippen LogP contribution < -0.4 is 11.2 Å². The summed E-state index contributed by atoms with van der Waals surface area (Å²) in [6, 6.07) is 0.868. The molecule has 1 aliphatic rings. The number of hydrogen-bond donors (Lipinski definition) is 6. The summed E-state index contributed by atoms with van der Waals surface area (Å²) in [5, 5.41) is 10.1. The molecule has 1 saturated heterocycles. The topological polar surface area (TPSA) is 244 Å². The van der Waals surface area contributed by atoms with E-state index in [1.807, 2.05) is 4.98 Å². The molecule has 0 amide bonds. The minimum absolute atomic E-state index is 0.593. The van der Waals surface area contributed by atoms with Crippen molar-refractivity contribution in [2.24, 2.45) is 0 Å². The Morgan fingerprint density at radius 2 is 1.80 bits per heavy atom. The van der Waals surface area contributed by atoms with E-state index in [9.17, 15) is 37.7 Å². The van der Waals surface area contributed by atoms with E-state index in [1.165, 1.54) is 0 Å². The highest BCUT2D eigenvalue weighted by molar-refractivity contribution is 7.66. The highest BCUT2D eigenvalue weighted by atomic mass is 31.3. The molecule has 30 heavy (non-hydrogen) atoms. The van der Waals surface area contributed by atoms with Crippen LogP contribution in [-0.2, 0) is 31.6 Å². The maximum Gasteiger partial charge on any atom is 0.490 e. The van der Waals surface area contributed by atoms with Gasteiger partial charge in [0.15, 0.2) is 11.9 Å². The summed E-state index contributed by atoms with van der Waals surface area (Å²) < 4.78 is 65.4. The van der Waals surface area contributed by atoms with Gasteiger partial charge in [0.25, 0.3) is 5.56 Å². The summed E-state index contributed by atoms with van der Waals surface area (Å²) in [5.41, 5.74) is -4.55. The van der Waals surface area contributed by atoms with Gasteiger partial charge in [-0.05, 0) is 6.92 Å². The van der Waals surface area contributed by atoms with Crippen LogP contribution in [0.2, 0.25) is 0 Å². The molecule has 1 aromatic rings. The lowest BCUT2D eigenvalue weighted by molar-refractivity contribution is -0.0604. The van der Waals surface area contributed by atoms with Crippen LogP contribution in [0.1, 0.15) is 13.2 Å². The lowest BCUT2D eigenvalue weighted by Crippen LogP contribution is -2.43. The fraction of sp³-hybridized carbons (Fsp3) is 0.600. The molecule has 1 aliphatic heterocycles. The molecule has 16 nitrogen and oxygen atoms in total. The number of rotatable bonds is 8. The van der Waals surface area contributed by atoms with E-state index < -0.39 is 65.4 Å². The van der Waals surface area contributed by atoms with Crippen molar-refractivity contribution in [1.82, 2.24) is 9.55 Å². The van der Waals surface area contributed by atoms with Crippen molar-refractivity contribution in [2.75, 3.05) is 6.61 Å². The largest absolute Gasteiger partial charge is 0.490 e. The Bertz CT molecular complexity index is 1050. The van der Waals surface area contributed by atoms with Gasteiger partial charge in [-0.2, -0.15) is 8.62 Å². The molecule has 172 valence electrons. The van der Waals surface area contributed by atoms with Crippen molar-refractivity contribution in [3.05, 3.63) is 33.1 Å². The number of nitrogens with zero attached hydrogens (tertiary/aromatic N) is 1. The van der Waals surface area contributed by atoms with E-state index in [4.69, 9.17) is 19.4 Å². The molecule has 1 fully saturated rings. The summed E-state index contributed by atoms with van der Waals surface area (Å²) >= 11 is 0. The SMILES string of the molecule is C[C@@]1(F)[C@H](O)C(COP(=O)(O)OP(=O)(O)OP(=O)(O)O)O[C@H]1n1ccc(=O)[nH]c1=O. The van der Waals surface area contributed by atoms with Gasteiger partial charge in [0.05, 0.1) is 6.61 Å². The summed E-state index contributed by atoms with van der Waals surface area (Å²) in [5.74, 6) is 0. The number of phosphoric acid groups is 3. The maximum absolute atomic E-state index is 14.9. The highest BCUT2D eigenvalue weighted by Crippen LogP contribution is 2.66. The molecule has 0 aliphatic carbocycles. The van der Waals surface area contributed by atoms with Crippen molar-refractivity contribution in [2.45, 2.75) is 31.0 Å². The highest BCUT2D eigenvalue weighted by Gasteiger charge is 2.56. The van der Waals surface area contributed by atoms with Gasteiger partial charge in [0.1, 0.15) is 12.2 Å². The van der Waals surface area contributed by atoms with Crippen LogP contribution in [0.5, 0.6) is 0 Å². The second-order valence-electron chi connectivity index (χ2n) is 6.03.